The lowest BCUT2D eigenvalue weighted by atomic mass is 10.2. The number of fused-ring (bicyclic) bond motifs is 1. The zero-order valence-electron chi connectivity index (χ0n) is 16.9. The molecule has 0 radical (unpaired) electrons. The Bertz CT molecular complexity index is 1150. The first-order valence-electron chi connectivity index (χ1n) is 9.33. The number of benzene rings is 2. The van der Waals surface area contributed by atoms with Crippen LogP contribution in [0.1, 0.15) is 19.4 Å². The molecule has 2 atom stereocenters. The SMILES string of the molecule is CC(OC(=O)[C@H](C)N=C1NS(=O)(=O)c2ccccc21)C(=O)Nc1ccc(SC(F)F)cc1. The number of rotatable bonds is 7. The minimum atomic E-state index is -3.75. The Balaban J connectivity index is 1.60. The average molecular weight is 484 g/mol. The molecule has 170 valence electrons. The van der Waals surface area contributed by atoms with Crippen LogP contribution >= 0.6 is 11.8 Å². The van der Waals surface area contributed by atoms with Gasteiger partial charge in [0.15, 0.2) is 6.10 Å². The Hall–Kier alpha value is -2.99. The van der Waals surface area contributed by atoms with Crippen molar-refractivity contribution in [3.8, 4) is 0 Å². The number of alkyl halides is 2. The highest BCUT2D eigenvalue weighted by atomic mass is 32.2. The number of amides is 1. The normalized spacial score (nSPS) is 17.3. The van der Waals surface area contributed by atoms with E-state index in [4.69, 9.17) is 4.74 Å². The summed E-state index contributed by atoms with van der Waals surface area (Å²) in [5.41, 5.74) is 0.688. The van der Waals surface area contributed by atoms with Crippen LogP contribution in [-0.2, 0) is 24.3 Å². The Morgan fingerprint density at radius 2 is 1.75 bits per heavy atom. The third-order valence-electron chi connectivity index (χ3n) is 4.34. The summed E-state index contributed by atoms with van der Waals surface area (Å²) in [6, 6.07) is 10.9. The van der Waals surface area contributed by atoms with Crippen LogP contribution in [0.5, 0.6) is 0 Å². The van der Waals surface area contributed by atoms with Gasteiger partial charge in [0.1, 0.15) is 11.9 Å². The molecule has 0 spiro atoms. The number of halogens is 2. The van der Waals surface area contributed by atoms with Crippen molar-refractivity contribution in [2.24, 2.45) is 4.99 Å². The number of carbonyl (C=O) groups excluding carboxylic acids is 2. The molecule has 1 heterocycles. The summed E-state index contributed by atoms with van der Waals surface area (Å²) >= 11 is 0.382. The van der Waals surface area contributed by atoms with E-state index in [2.05, 4.69) is 15.0 Å². The largest absolute Gasteiger partial charge is 0.451 e. The van der Waals surface area contributed by atoms with E-state index in [0.717, 1.165) is 0 Å². The Labute approximate surface area is 187 Å². The molecule has 8 nitrogen and oxygen atoms in total. The maximum Gasteiger partial charge on any atom is 0.331 e. The molecule has 1 aliphatic rings. The minimum absolute atomic E-state index is 0.0175. The molecule has 2 aromatic rings. The summed E-state index contributed by atoms with van der Waals surface area (Å²) in [5, 5.41) is 2.52. The van der Waals surface area contributed by atoms with Crippen LogP contribution in [0.25, 0.3) is 0 Å². The van der Waals surface area contributed by atoms with Crippen molar-refractivity contribution < 1.29 is 31.5 Å². The molecule has 32 heavy (non-hydrogen) atoms. The fourth-order valence-corrected chi connectivity index (χ4v) is 4.50. The van der Waals surface area contributed by atoms with Crippen LogP contribution in [0.2, 0.25) is 0 Å². The lowest BCUT2D eigenvalue weighted by Gasteiger charge is -2.15. The third kappa shape index (κ3) is 5.62. The number of ether oxygens (including phenoxy) is 1. The van der Waals surface area contributed by atoms with Crippen LogP contribution in [0, 0.1) is 0 Å². The predicted molar refractivity (Wildman–Crippen MR) is 115 cm³/mol. The number of sulfonamides is 1. The van der Waals surface area contributed by atoms with Gasteiger partial charge in [-0.15, -0.1) is 0 Å². The number of thioether (sulfide) groups is 1. The molecule has 0 aliphatic carbocycles. The van der Waals surface area contributed by atoms with E-state index in [0.29, 0.717) is 27.9 Å². The maximum atomic E-state index is 12.4. The number of aliphatic imine (C=N–C) groups is 1. The highest BCUT2D eigenvalue weighted by Crippen LogP contribution is 2.26. The van der Waals surface area contributed by atoms with Crippen molar-refractivity contribution in [3.63, 3.8) is 0 Å². The van der Waals surface area contributed by atoms with Crippen molar-refractivity contribution in [1.29, 1.82) is 0 Å². The number of nitrogens with one attached hydrogen (secondary N) is 2. The van der Waals surface area contributed by atoms with Crippen molar-refractivity contribution >= 4 is 45.2 Å². The zero-order chi connectivity index (χ0) is 23.5. The van der Waals surface area contributed by atoms with Crippen molar-refractivity contribution in [2.45, 2.75) is 41.5 Å². The summed E-state index contributed by atoms with van der Waals surface area (Å²) in [5.74, 6) is -3.98. The second-order valence-electron chi connectivity index (χ2n) is 6.73. The number of amidine groups is 1. The van der Waals surface area contributed by atoms with Crippen molar-refractivity contribution in [1.82, 2.24) is 4.72 Å². The van der Waals surface area contributed by atoms with E-state index in [9.17, 15) is 26.8 Å². The molecule has 3 rings (SSSR count). The van der Waals surface area contributed by atoms with E-state index in [1.54, 1.807) is 18.2 Å². The second kappa shape index (κ2) is 9.65. The zero-order valence-corrected chi connectivity index (χ0v) is 18.5. The van der Waals surface area contributed by atoms with Gasteiger partial charge in [-0.25, -0.2) is 13.2 Å². The molecule has 0 saturated heterocycles. The van der Waals surface area contributed by atoms with Crippen molar-refractivity contribution in [3.05, 3.63) is 54.1 Å². The number of nitrogens with zero attached hydrogens (tertiary/aromatic N) is 1. The summed E-state index contributed by atoms with van der Waals surface area (Å²) in [7, 11) is -3.75. The highest BCUT2D eigenvalue weighted by molar-refractivity contribution is 7.99. The fraction of sp³-hybridized carbons (Fsp3) is 0.250. The Morgan fingerprint density at radius 3 is 2.41 bits per heavy atom. The smallest absolute Gasteiger partial charge is 0.331 e. The molecule has 2 aromatic carbocycles. The van der Waals surface area contributed by atoms with Crippen LogP contribution in [0.3, 0.4) is 0 Å². The number of anilines is 1. The van der Waals surface area contributed by atoms with Crippen LogP contribution in [0.15, 0.2) is 63.3 Å². The van der Waals surface area contributed by atoms with Gasteiger partial charge in [-0.3, -0.25) is 14.5 Å². The van der Waals surface area contributed by atoms with E-state index in [1.165, 1.54) is 44.2 Å². The quantitative estimate of drug-likeness (QED) is 0.462. The third-order valence-corrected chi connectivity index (χ3v) is 6.46. The predicted octanol–water partition coefficient (Wildman–Crippen LogP) is 3.00. The van der Waals surface area contributed by atoms with Gasteiger partial charge in [0.2, 0.25) is 0 Å². The standard InChI is InChI=1S/C20H19F2N3O5S2/c1-11(23-17-15-5-3-4-6-16(15)32(28,29)25-17)19(27)30-12(2)18(26)24-13-7-9-14(10-8-13)31-20(21)22/h3-12,20H,1-2H3,(H,23,25)(H,24,26)/t11-,12?/m0/s1. The second-order valence-corrected chi connectivity index (χ2v) is 9.44. The van der Waals surface area contributed by atoms with Gasteiger partial charge < -0.3 is 10.1 Å². The summed E-state index contributed by atoms with van der Waals surface area (Å²) in [4.78, 5) is 29.1. The molecule has 1 unspecified atom stereocenters. The fourth-order valence-electron chi connectivity index (χ4n) is 2.77. The summed E-state index contributed by atoms with van der Waals surface area (Å²) < 4.78 is 56.4. The number of carbonyl (C=O) groups is 2. The molecule has 0 fully saturated rings. The van der Waals surface area contributed by atoms with Gasteiger partial charge in [-0.05, 0) is 50.2 Å². The van der Waals surface area contributed by atoms with Crippen molar-refractivity contribution in [2.75, 3.05) is 5.32 Å². The molecular weight excluding hydrogens is 464 g/mol. The van der Waals surface area contributed by atoms with Gasteiger partial charge >= 0.3 is 5.97 Å². The lowest BCUT2D eigenvalue weighted by molar-refractivity contribution is -0.153. The van der Waals surface area contributed by atoms with E-state index >= 15 is 0 Å². The van der Waals surface area contributed by atoms with Crippen LogP contribution in [0.4, 0.5) is 14.5 Å². The number of esters is 1. The van der Waals surface area contributed by atoms with E-state index in [1.807, 2.05) is 0 Å². The summed E-state index contributed by atoms with van der Waals surface area (Å²) in [6.45, 7) is 2.77. The van der Waals surface area contributed by atoms with Gasteiger partial charge in [0.25, 0.3) is 21.7 Å². The number of hydrogen-bond acceptors (Lipinski definition) is 7. The highest BCUT2D eigenvalue weighted by Gasteiger charge is 2.31. The van der Waals surface area contributed by atoms with Crippen LogP contribution < -0.4 is 10.0 Å². The monoisotopic (exact) mass is 483 g/mol. The van der Waals surface area contributed by atoms with E-state index in [-0.39, 0.29) is 10.7 Å². The Kier molecular flexibility index (Phi) is 7.14. The van der Waals surface area contributed by atoms with Gasteiger partial charge in [-0.2, -0.15) is 8.78 Å². The lowest BCUT2D eigenvalue weighted by Crippen LogP contribution is -2.33. The molecular formula is C20H19F2N3O5S2. The Morgan fingerprint density at radius 1 is 1.09 bits per heavy atom. The topological polar surface area (TPSA) is 114 Å². The van der Waals surface area contributed by atoms with E-state index < -0.39 is 39.8 Å². The number of hydrogen-bond donors (Lipinski definition) is 2. The molecule has 12 heteroatoms. The van der Waals surface area contributed by atoms with Gasteiger partial charge in [-0.1, -0.05) is 23.9 Å². The molecule has 1 aliphatic heterocycles. The molecule has 0 aromatic heterocycles. The first kappa shape index (κ1) is 23.7. The average Bonchev–Trinajstić information content (AvgIpc) is 2.99. The summed E-state index contributed by atoms with van der Waals surface area (Å²) in [6.07, 6.45) is -1.17. The van der Waals surface area contributed by atoms with Gasteiger partial charge in [0, 0.05) is 16.1 Å². The molecule has 2 N–H and O–H groups in total. The molecule has 1 amide bonds. The first-order chi connectivity index (χ1) is 15.1. The maximum absolute atomic E-state index is 12.4. The van der Waals surface area contributed by atoms with Gasteiger partial charge in [0.05, 0.1) is 4.90 Å². The molecule has 0 bridgehead atoms. The minimum Gasteiger partial charge on any atom is -0.451 e. The van der Waals surface area contributed by atoms with Crippen LogP contribution in [-0.4, -0.2) is 44.0 Å². The molecule has 0 saturated carbocycles. The first-order valence-corrected chi connectivity index (χ1v) is 11.7.